The summed E-state index contributed by atoms with van der Waals surface area (Å²) in [5, 5.41) is 7.89. The van der Waals surface area contributed by atoms with Gasteiger partial charge < -0.3 is 30.2 Å². The lowest BCUT2D eigenvalue weighted by atomic mass is 10.2. The van der Waals surface area contributed by atoms with E-state index in [0.717, 1.165) is 12.1 Å². The number of rotatable bonds is 8. The second kappa shape index (κ2) is 13.7. The van der Waals surface area contributed by atoms with E-state index >= 15 is 0 Å². The lowest BCUT2D eigenvalue weighted by Gasteiger charge is -2.35. The molecule has 47 heavy (non-hydrogen) atoms. The zero-order chi connectivity index (χ0) is 33.0. The SMILES string of the molecule is O=C(Nc1ccc(N2CCN(C(=O)Nc3ccccc3F)CC2)nc1)c1oc(NC2CCN(Cc3ccccc3)C2)nc1C(F)(F)F. The van der Waals surface area contributed by atoms with Gasteiger partial charge in [0, 0.05) is 51.9 Å². The number of hydrogen-bond donors (Lipinski definition) is 3. The summed E-state index contributed by atoms with van der Waals surface area (Å²) in [5.41, 5.74) is -0.0275. The van der Waals surface area contributed by atoms with Gasteiger partial charge in [-0.2, -0.15) is 18.2 Å². The van der Waals surface area contributed by atoms with Crippen LogP contribution in [0.15, 0.2) is 77.3 Å². The highest BCUT2D eigenvalue weighted by Crippen LogP contribution is 2.34. The highest BCUT2D eigenvalue weighted by Gasteiger charge is 2.42. The molecular formula is C32H32F4N8O3. The summed E-state index contributed by atoms with van der Waals surface area (Å²) in [5.74, 6) is -2.04. The Morgan fingerprint density at radius 3 is 2.36 bits per heavy atom. The number of aromatic nitrogens is 2. The van der Waals surface area contributed by atoms with Gasteiger partial charge in [-0.15, -0.1) is 0 Å². The summed E-state index contributed by atoms with van der Waals surface area (Å²) in [6.07, 6.45) is -2.92. The molecule has 246 valence electrons. The molecule has 3 amide bonds. The molecule has 6 rings (SSSR count). The van der Waals surface area contributed by atoms with Crippen molar-refractivity contribution >= 4 is 35.1 Å². The molecule has 2 fully saturated rings. The Kier molecular flexibility index (Phi) is 9.24. The van der Waals surface area contributed by atoms with Crippen molar-refractivity contribution in [1.29, 1.82) is 0 Å². The normalized spacial score (nSPS) is 17.1. The van der Waals surface area contributed by atoms with E-state index in [2.05, 4.69) is 30.8 Å². The number of oxazole rings is 1. The third kappa shape index (κ3) is 7.80. The number of urea groups is 1. The Morgan fingerprint density at radius 2 is 1.66 bits per heavy atom. The van der Waals surface area contributed by atoms with Crippen LogP contribution in [-0.4, -0.2) is 77.0 Å². The van der Waals surface area contributed by atoms with Crippen LogP contribution < -0.4 is 20.9 Å². The molecule has 11 nitrogen and oxygen atoms in total. The molecule has 15 heteroatoms. The van der Waals surface area contributed by atoms with Gasteiger partial charge in [-0.25, -0.2) is 14.2 Å². The molecule has 1 atom stereocenters. The highest BCUT2D eigenvalue weighted by molar-refractivity contribution is 6.03. The number of pyridine rings is 1. The van der Waals surface area contributed by atoms with Gasteiger partial charge in [0.25, 0.3) is 11.9 Å². The Bertz CT molecular complexity index is 1690. The first kappa shape index (κ1) is 31.8. The average Bonchev–Trinajstić information content (AvgIpc) is 3.70. The van der Waals surface area contributed by atoms with Crippen LogP contribution in [-0.2, 0) is 12.7 Å². The molecule has 0 saturated carbocycles. The number of amides is 3. The van der Waals surface area contributed by atoms with Crippen molar-refractivity contribution in [3.8, 4) is 0 Å². The Morgan fingerprint density at radius 1 is 0.915 bits per heavy atom. The maximum atomic E-state index is 13.9. The molecule has 0 aliphatic carbocycles. The maximum absolute atomic E-state index is 13.9. The molecule has 2 aromatic carbocycles. The number of benzene rings is 2. The third-order valence-corrected chi connectivity index (χ3v) is 7.96. The first-order valence-electron chi connectivity index (χ1n) is 15.1. The molecule has 2 saturated heterocycles. The van der Waals surface area contributed by atoms with Crippen molar-refractivity contribution < 1.29 is 31.6 Å². The first-order chi connectivity index (χ1) is 22.6. The van der Waals surface area contributed by atoms with Crippen LogP contribution in [0.1, 0.15) is 28.2 Å². The van der Waals surface area contributed by atoms with Crippen molar-refractivity contribution in [1.82, 2.24) is 19.8 Å². The Balaban J connectivity index is 1.03. The lowest BCUT2D eigenvalue weighted by Crippen LogP contribution is -2.50. The van der Waals surface area contributed by atoms with Crippen molar-refractivity contribution in [2.24, 2.45) is 0 Å². The summed E-state index contributed by atoms with van der Waals surface area (Å²) in [6.45, 7) is 3.63. The van der Waals surface area contributed by atoms with Crippen molar-refractivity contribution in [3.05, 3.63) is 95.8 Å². The molecule has 0 spiro atoms. The summed E-state index contributed by atoms with van der Waals surface area (Å²) >= 11 is 0. The third-order valence-electron chi connectivity index (χ3n) is 7.96. The Labute approximate surface area is 267 Å². The number of piperazine rings is 1. The van der Waals surface area contributed by atoms with E-state index in [1.807, 2.05) is 35.2 Å². The zero-order valence-electron chi connectivity index (χ0n) is 25.1. The number of alkyl halides is 3. The fourth-order valence-corrected chi connectivity index (χ4v) is 5.57. The number of carbonyl (C=O) groups is 2. The Hall–Kier alpha value is -5.18. The molecule has 1 unspecified atom stereocenters. The molecule has 2 aliphatic heterocycles. The number of anilines is 4. The van der Waals surface area contributed by atoms with Crippen LogP contribution in [0, 0.1) is 5.82 Å². The number of carbonyl (C=O) groups excluding carboxylic acids is 2. The van der Waals surface area contributed by atoms with Gasteiger partial charge in [-0.3, -0.25) is 9.69 Å². The minimum absolute atomic E-state index is 0.0964. The lowest BCUT2D eigenvalue weighted by molar-refractivity contribution is -0.141. The summed E-state index contributed by atoms with van der Waals surface area (Å²) in [7, 11) is 0. The van der Waals surface area contributed by atoms with Gasteiger partial charge in [0.2, 0.25) is 5.76 Å². The number of likely N-dealkylation sites (tertiary alicyclic amines) is 1. The number of hydrogen-bond acceptors (Lipinski definition) is 8. The van der Waals surface area contributed by atoms with Crippen LogP contribution in [0.2, 0.25) is 0 Å². The molecular weight excluding hydrogens is 620 g/mol. The van der Waals surface area contributed by atoms with Gasteiger partial charge in [0.15, 0.2) is 5.69 Å². The van der Waals surface area contributed by atoms with E-state index in [0.29, 0.717) is 51.5 Å². The average molecular weight is 653 g/mol. The van der Waals surface area contributed by atoms with Crippen molar-refractivity contribution in [2.45, 2.75) is 25.2 Å². The van der Waals surface area contributed by atoms with Gasteiger partial charge in [-0.1, -0.05) is 42.5 Å². The van der Waals surface area contributed by atoms with E-state index < -0.39 is 35.4 Å². The number of para-hydroxylation sites is 1. The van der Waals surface area contributed by atoms with Gasteiger partial charge in [-0.05, 0) is 36.2 Å². The zero-order valence-corrected chi connectivity index (χ0v) is 25.1. The van der Waals surface area contributed by atoms with Crippen molar-refractivity contribution in [2.75, 3.05) is 60.1 Å². The van der Waals surface area contributed by atoms with Crippen molar-refractivity contribution in [3.63, 3.8) is 0 Å². The van der Waals surface area contributed by atoms with Crippen LogP contribution >= 0.6 is 0 Å². The minimum atomic E-state index is -4.92. The molecule has 4 aromatic rings. The summed E-state index contributed by atoms with van der Waals surface area (Å²) in [6, 6.07) is 17.9. The molecule has 4 heterocycles. The second-order valence-electron chi connectivity index (χ2n) is 11.3. The topological polar surface area (TPSA) is 119 Å². The molecule has 0 radical (unpaired) electrons. The molecule has 3 N–H and O–H groups in total. The summed E-state index contributed by atoms with van der Waals surface area (Å²) in [4.78, 5) is 39.1. The number of halogens is 4. The number of nitrogens with zero attached hydrogens (tertiary/aromatic N) is 5. The fraction of sp³-hybridized carbons (Fsp3) is 0.312. The van der Waals surface area contributed by atoms with E-state index in [1.165, 1.54) is 30.5 Å². The molecule has 0 bridgehead atoms. The second-order valence-corrected chi connectivity index (χ2v) is 11.3. The van der Waals surface area contributed by atoms with Crippen LogP contribution in [0.4, 0.5) is 45.6 Å². The van der Waals surface area contributed by atoms with E-state index in [-0.39, 0.29) is 23.4 Å². The fourth-order valence-electron chi connectivity index (χ4n) is 5.57. The molecule has 2 aromatic heterocycles. The maximum Gasteiger partial charge on any atom is 0.437 e. The van der Waals surface area contributed by atoms with Gasteiger partial charge in [0.1, 0.15) is 11.6 Å². The van der Waals surface area contributed by atoms with E-state index in [1.54, 1.807) is 17.0 Å². The predicted octanol–water partition coefficient (Wildman–Crippen LogP) is 5.52. The van der Waals surface area contributed by atoms with Gasteiger partial charge in [0.05, 0.1) is 17.6 Å². The monoisotopic (exact) mass is 652 g/mol. The standard InChI is InChI=1S/C32H32F4N8O3/c33-24-8-4-5-9-25(24)40-31(46)44-16-14-43(15-17-44)26-11-10-22(18-37-26)38-29(45)27-28(32(34,35)36)41-30(47-27)39-23-12-13-42(20-23)19-21-6-2-1-3-7-21/h1-11,18,23H,12-17,19-20H2,(H,38,45)(H,39,41)(H,40,46). The summed E-state index contributed by atoms with van der Waals surface area (Å²) < 4.78 is 60.7. The molecule has 2 aliphatic rings. The van der Waals surface area contributed by atoms with E-state index in [9.17, 15) is 27.2 Å². The quantitative estimate of drug-likeness (QED) is 0.213. The predicted molar refractivity (Wildman–Crippen MR) is 167 cm³/mol. The van der Waals surface area contributed by atoms with Crippen LogP contribution in [0.3, 0.4) is 0 Å². The minimum Gasteiger partial charge on any atom is -0.418 e. The first-order valence-corrected chi connectivity index (χ1v) is 15.1. The van der Waals surface area contributed by atoms with E-state index in [4.69, 9.17) is 4.42 Å². The largest absolute Gasteiger partial charge is 0.437 e. The van der Waals surface area contributed by atoms with Gasteiger partial charge >= 0.3 is 12.2 Å². The highest BCUT2D eigenvalue weighted by atomic mass is 19.4. The van der Waals surface area contributed by atoms with Crippen LogP contribution in [0.5, 0.6) is 0 Å². The van der Waals surface area contributed by atoms with Crippen LogP contribution in [0.25, 0.3) is 0 Å². The number of nitrogens with one attached hydrogen (secondary N) is 3. The smallest absolute Gasteiger partial charge is 0.418 e.